The fraction of sp³-hybridized carbons (Fsp3) is 0.312. The average Bonchev–Trinajstić information content (AvgIpc) is 3.19. The van der Waals surface area contributed by atoms with Gasteiger partial charge in [-0.1, -0.05) is 0 Å². The quantitative estimate of drug-likeness (QED) is 0.870. The number of ether oxygens (including phenoxy) is 1. The Labute approximate surface area is 136 Å². The Hall–Kier alpha value is -2.59. The van der Waals surface area contributed by atoms with Crippen molar-refractivity contribution in [3.63, 3.8) is 0 Å². The molecule has 2 aromatic rings. The Morgan fingerprint density at radius 1 is 1.39 bits per heavy atom. The van der Waals surface area contributed by atoms with E-state index in [1.165, 1.54) is 23.7 Å². The van der Waals surface area contributed by atoms with Crippen LogP contribution in [0.4, 0.5) is 5.00 Å². The molecule has 0 saturated carbocycles. The second kappa shape index (κ2) is 6.67. The van der Waals surface area contributed by atoms with Crippen molar-refractivity contribution in [2.45, 2.75) is 25.7 Å². The predicted octanol–water partition coefficient (Wildman–Crippen LogP) is 2.89. The second-order valence-corrected chi connectivity index (χ2v) is 6.23. The number of fused-ring (bicyclic) bond motifs is 1. The van der Waals surface area contributed by atoms with Crippen LogP contribution in [-0.4, -0.2) is 18.5 Å². The van der Waals surface area contributed by atoms with Crippen LogP contribution >= 0.6 is 11.3 Å². The highest BCUT2D eigenvalue weighted by molar-refractivity contribution is 7.16. The van der Waals surface area contributed by atoms with Crippen molar-refractivity contribution in [1.29, 1.82) is 5.26 Å². The minimum absolute atomic E-state index is 0.0436. The summed E-state index contributed by atoms with van der Waals surface area (Å²) in [7, 11) is 0. The number of nitrogens with zero attached hydrogens (tertiary/aromatic N) is 1. The Balaban J connectivity index is 1.63. The molecule has 6 nitrogen and oxygen atoms in total. The van der Waals surface area contributed by atoms with E-state index in [0.29, 0.717) is 10.6 Å². The Kier molecular flexibility index (Phi) is 4.44. The number of esters is 1. The van der Waals surface area contributed by atoms with Crippen LogP contribution in [0.1, 0.15) is 39.4 Å². The zero-order valence-electron chi connectivity index (χ0n) is 12.3. The molecule has 3 rings (SSSR count). The van der Waals surface area contributed by atoms with Gasteiger partial charge < -0.3 is 14.5 Å². The first-order valence-corrected chi connectivity index (χ1v) is 8.06. The minimum atomic E-state index is -0.698. The molecule has 0 radical (unpaired) electrons. The number of rotatable bonds is 4. The van der Waals surface area contributed by atoms with Gasteiger partial charge in [0.05, 0.1) is 11.8 Å². The van der Waals surface area contributed by atoms with Crippen molar-refractivity contribution >= 4 is 28.2 Å². The van der Waals surface area contributed by atoms with Crippen molar-refractivity contribution in [3.8, 4) is 6.07 Å². The number of furan rings is 1. The maximum atomic E-state index is 11.9. The molecular weight excluding hydrogens is 316 g/mol. The van der Waals surface area contributed by atoms with Gasteiger partial charge in [0.2, 0.25) is 5.76 Å². The maximum Gasteiger partial charge on any atom is 0.374 e. The van der Waals surface area contributed by atoms with Gasteiger partial charge in [0.1, 0.15) is 11.1 Å². The van der Waals surface area contributed by atoms with Gasteiger partial charge in [0.15, 0.2) is 6.61 Å². The summed E-state index contributed by atoms with van der Waals surface area (Å²) in [6.07, 6.45) is 5.33. The molecule has 118 valence electrons. The molecule has 1 aliphatic rings. The monoisotopic (exact) mass is 330 g/mol. The lowest BCUT2D eigenvalue weighted by Gasteiger charge is -2.09. The minimum Gasteiger partial charge on any atom is -0.457 e. The first-order chi connectivity index (χ1) is 11.2. The number of carbonyl (C=O) groups is 2. The third-order valence-electron chi connectivity index (χ3n) is 3.59. The Bertz CT molecular complexity index is 771. The number of thiophene rings is 1. The van der Waals surface area contributed by atoms with Crippen LogP contribution in [0.3, 0.4) is 0 Å². The fourth-order valence-electron chi connectivity index (χ4n) is 2.53. The van der Waals surface area contributed by atoms with Crippen molar-refractivity contribution in [2.75, 3.05) is 11.9 Å². The summed E-state index contributed by atoms with van der Waals surface area (Å²) < 4.78 is 9.76. The summed E-state index contributed by atoms with van der Waals surface area (Å²) in [6.45, 7) is -0.424. The van der Waals surface area contributed by atoms with E-state index in [1.54, 1.807) is 6.07 Å². The molecule has 1 N–H and O–H groups in total. The second-order valence-electron chi connectivity index (χ2n) is 5.13. The van der Waals surface area contributed by atoms with Crippen LogP contribution in [-0.2, 0) is 22.4 Å². The van der Waals surface area contributed by atoms with Gasteiger partial charge >= 0.3 is 5.97 Å². The summed E-state index contributed by atoms with van der Waals surface area (Å²) in [5.74, 6) is -1.13. The van der Waals surface area contributed by atoms with E-state index in [4.69, 9.17) is 9.15 Å². The smallest absolute Gasteiger partial charge is 0.374 e. The van der Waals surface area contributed by atoms with Gasteiger partial charge in [-0.3, -0.25) is 4.79 Å². The van der Waals surface area contributed by atoms with Crippen molar-refractivity contribution < 1.29 is 18.7 Å². The topological polar surface area (TPSA) is 92.3 Å². The van der Waals surface area contributed by atoms with E-state index in [1.807, 2.05) is 0 Å². The maximum absolute atomic E-state index is 11.9. The molecular formula is C16H14N2O4S. The summed E-state index contributed by atoms with van der Waals surface area (Å²) in [5.41, 5.74) is 1.59. The number of nitriles is 1. The van der Waals surface area contributed by atoms with Gasteiger partial charge in [-0.2, -0.15) is 5.26 Å². The molecule has 0 aromatic carbocycles. The number of aryl methyl sites for hydroxylation is 1. The van der Waals surface area contributed by atoms with Gasteiger partial charge in [-0.15, -0.1) is 11.3 Å². The SMILES string of the molecule is N#Cc1c(NC(=O)COC(=O)c2ccco2)sc2c1CCCC2. The van der Waals surface area contributed by atoms with Crippen molar-refractivity contribution in [2.24, 2.45) is 0 Å². The third-order valence-corrected chi connectivity index (χ3v) is 4.80. The zero-order chi connectivity index (χ0) is 16.2. The largest absolute Gasteiger partial charge is 0.457 e. The van der Waals surface area contributed by atoms with Crippen LogP contribution in [0.2, 0.25) is 0 Å². The molecule has 0 spiro atoms. The van der Waals surface area contributed by atoms with Crippen LogP contribution < -0.4 is 5.32 Å². The summed E-state index contributed by atoms with van der Waals surface area (Å²) in [4.78, 5) is 24.7. The molecule has 0 saturated heterocycles. The normalized spacial score (nSPS) is 13.0. The first kappa shape index (κ1) is 15.3. The number of anilines is 1. The number of hydrogen-bond donors (Lipinski definition) is 1. The molecule has 0 bridgehead atoms. The highest BCUT2D eigenvalue weighted by atomic mass is 32.1. The van der Waals surface area contributed by atoms with Crippen LogP contribution in [0.25, 0.3) is 0 Å². The average molecular weight is 330 g/mol. The lowest BCUT2D eigenvalue weighted by atomic mass is 9.96. The van der Waals surface area contributed by atoms with E-state index in [-0.39, 0.29) is 5.76 Å². The molecule has 0 fully saturated rings. The highest BCUT2D eigenvalue weighted by Gasteiger charge is 2.22. The molecule has 0 atom stereocenters. The van der Waals surface area contributed by atoms with Gasteiger partial charge in [0, 0.05) is 4.88 Å². The van der Waals surface area contributed by atoms with Crippen molar-refractivity contribution in [1.82, 2.24) is 0 Å². The third kappa shape index (κ3) is 3.27. The molecule has 0 aliphatic heterocycles. The molecule has 0 unspecified atom stereocenters. The van der Waals surface area contributed by atoms with Gasteiger partial charge in [-0.25, -0.2) is 4.79 Å². The van der Waals surface area contributed by atoms with E-state index >= 15 is 0 Å². The molecule has 2 heterocycles. The lowest BCUT2D eigenvalue weighted by molar-refractivity contribution is -0.119. The van der Waals surface area contributed by atoms with E-state index in [2.05, 4.69) is 11.4 Å². The molecule has 2 aromatic heterocycles. The Morgan fingerprint density at radius 3 is 2.96 bits per heavy atom. The highest BCUT2D eigenvalue weighted by Crippen LogP contribution is 2.37. The fourth-order valence-corrected chi connectivity index (χ4v) is 3.79. The van der Waals surface area contributed by atoms with Gasteiger partial charge in [-0.05, 0) is 43.4 Å². The molecule has 1 amide bonds. The number of amides is 1. The summed E-state index contributed by atoms with van der Waals surface area (Å²) in [5, 5.41) is 12.5. The van der Waals surface area contributed by atoms with Crippen LogP contribution in [0.5, 0.6) is 0 Å². The summed E-state index contributed by atoms with van der Waals surface area (Å²) >= 11 is 1.43. The standard InChI is InChI=1S/C16H14N2O4S/c17-8-11-10-4-1-2-6-13(10)23-15(11)18-14(19)9-22-16(20)12-5-3-7-21-12/h3,5,7H,1-2,4,6,9H2,(H,18,19). The van der Waals surface area contributed by atoms with E-state index in [0.717, 1.165) is 36.1 Å². The van der Waals surface area contributed by atoms with Crippen LogP contribution in [0, 0.1) is 11.3 Å². The predicted molar refractivity (Wildman–Crippen MR) is 83.3 cm³/mol. The van der Waals surface area contributed by atoms with Crippen LogP contribution in [0.15, 0.2) is 22.8 Å². The van der Waals surface area contributed by atoms with Gasteiger partial charge in [0.25, 0.3) is 5.91 Å². The zero-order valence-corrected chi connectivity index (χ0v) is 13.1. The molecule has 1 aliphatic carbocycles. The number of nitrogens with one attached hydrogen (secondary N) is 1. The van der Waals surface area contributed by atoms with Crippen molar-refractivity contribution in [3.05, 3.63) is 40.2 Å². The first-order valence-electron chi connectivity index (χ1n) is 7.24. The molecule has 23 heavy (non-hydrogen) atoms. The van der Waals surface area contributed by atoms with E-state index < -0.39 is 18.5 Å². The summed E-state index contributed by atoms with van der Waals surface area (Å²) in [6, 6.07) is 5.19. The number of hydrogen-bond acceptors (Lipinski definition) is 6. The molecule has 7 heteroatoms. The lowest BCUT2D eigenvalue weighted by Crippen LogP contribution is -2.20. The number of carbonyl (C=O) groups excluding carboxylic acids is 2. The Morgan fingerprint density at radius 2 is 2.22 bits per heavy atom. The van der Waals surface area contributed by atoms with E-state index in [9.17, 15) is 14.9 Å².